The molecule has 1 heterocycles. The van der Waals surface area contributed by atoms with Gasteiger partial charge in [0.15, 0.2) is 0 Å². The van der Waals surface area contributed by atoms with Gasteiger partial charge in [0.2, 0.25) is 0 Å². The van der Waals surface area contributed by atoms with Crippen LogP contribution in [0.5, 0.6) is 0 Å². The van der Waals surface area contributed by atoms with Gasteiger partial charge in [-0.25, -0.2) is 8.78 Å². The Balaban J connectivity index is 2.01. The van der Waals surface area contributed by atoms with E-state index in [0.717, 1.165) is 25.8 Å². The lowest BCUT2D eigenvalue weighted by Crippen LogP contribution is -2.29. The highest BCUT2D eigenvalue weighted by atomic mass is 32.1. The van der Waals surface area contributed by atoms with Crippen molar-refractivity contribution in [1.82, 2.24) is 5.32 Å². The average molecular weight is 307 g/mol. The number of likely N-dealkylation sites (N-methyl/N-ethyl adjacent to an activating group) is 1. The Kier molecular flexibility index (Phi) is 4.36. The second-order valence-corrected chi connectivity index (χ2v) is 6.50. The summed E-state index contributed by atoms with van der Waals surface area (Å²) in [5.74, 6) is -0.489. The Morgan fingerprint density at radius 2 is 2.19 bits per heavy atom. The minimum atomic E-state index is -0.379. The van der Waals surface area contributed by atoms with Crippen LogP contribution in [0.2, 0.25) is 0 Å². The molecule has 1 aromatic carbocycles. The SMILES string of the molecule is CCNC(c1cc(F)ccc1F)C1CCCc2sccc21. The standard InChI is InChI=1S/C17H19F2NS/c1-2-20-17(14-10-11(18)6-7-15(14)19)13-4-3-5-16-12(13)8-9-21-16/h6-10,13,17,20H,2-5H2,1H3. The summed E-state index contributed by atoms with van der Waals surface area (Å²) in [6, 6.07) is 5.72. The van der Waals surface area contributed by atoms with Crippen molar-refractivity contribution < 1.29 is 8.78 Å². The molecule has 0 saturated heterocycles. The highest BCUT2D eigenvalue weighted by Gasteiger charge is 2.31. The number of halogens is 2. The van der Waals surface area contributed by atoms with Crippen molar-refractivity contribution in [2.75, 3.05) is 6.54 Å². The molecule has 2 atom stereocenters. The minimum absolute atomic E-state index is 0.167. The van der Waals surface area contributed by atoms with Gasteiger partial charge >= 0.3 is 0 Å². The molecule has 1 nitrogen and oxygen atoms in total. The zero-order valence-corrected chi connectivity index (χ0v) is 12.9. The van der Waals surface area contributed by atoms with E-state index >= 15 is 0 Å². The highest BCUT2D eigenvalue weighted by Crippen LogP contribution is 2.42. The molecule has 0 bridgehead atoms. The summed E-state index contributed by atoms with van der Waals surface area (Å²) in [6.45, 7) is 2.73. The molecule has 112 valence electrons. The molecular formula is C17H19F2NS. The van der Waals surface area contributed by atoms with Gasteiger partial charge in [-0.1, -0.05) is 6.92 Å². The quantitative estimate of drug-likeness (QED) is 0.856. The molecule has 2 unspecified atom stereocenters. The van der Waals surface area contributed by atoms with E-state index in [1.165, 1.54) is 28.6 Å². The van der Waals surface area contributed by atoms with Crippen LogP contribution in [0.4, 0.5) is 8.78 Å². The molecule has 1 N–H and O–H groups in total. The van der Waals surface area contributed by atoms with E-state index in [2.05, 4.69) is 16.8 Å². The minimum Gasteiger partial charge on any atom is -0.310 e. The highest BCUT2D eigenvalue weighted by molar-refractivity contribution is 7.10. The smallest absolute Gasteiger partial charge is 0.128 e. The number of rotatable bonds is 4. The predicted octanol–water partition coefficient (Wildman–Crippen LogP) is 4.80. The molecular weight excluding hydrogens is 288 g/mol. The van der Waals surface area contributed by atoms with Crippen LogP contribution in [0.15, 0.2) is 29.6 Å². The molecule has 1 aliphatic carbocycles. The van der Waals surface area contributed by atoms with Gasteiger partial charge in [-0.3, -0.25) is 0 Å². The first-order chi connectivity index (χ1) is 10.2. The third-order valence-electron chi connectivity index (χ3n) is 4.22. The maximum Gasteiger partial charge on any atom is 0.128 e. The fraction of sp³-hybridized carbons (Fsp3) is 0.412. The monoisotopic (exact) mass is 307 g/mol. The van der Waals surface area contributed by atoms with Crippen LogP contribution in [-0.2, 0) is 6.42 Å². The molecule has 0 aliphatic heterocycles. The molecule has 0 amide bonds. The number of hydrogen-bond donors (Lipinski definition) is 1. The Hall–Kier alpha value is -1.26. The van der Waals surface area contributed by atoms with E-state index in [0.29, 0.717) is 5.56 Å². The molecule has 2 aromatic rings. The topological polar surface area (TPSA) is 12.0 Å². The number of hydrogen-bond acceptors (Lipinski definition) is 2. The maximum atomic E-state index is 14.2. The second-order valence-electron chi connectivity index (χ2n) is 5.50. The van der Waals surface area contributed by atoms with Crippen LogP contribution in [0, 0.1) is 11.6 Å². The Bertz CT molecular complexity index is 623. The van der Waals surface area contributed by atoms with Crippen molar-refractivity contribution in [2.45, 2.75) is 38.1 Å². The van der Waals surface area contributed by atoms with Gasteiger partial charge in [-0.2, -0.15) is 0 Å². The van der Waals surface area contributed by atoms with Gasteiger partial charge in [-0.15, -0.1) is 11.3 Å². The van der Waals surface area contributed by atoms with E-state index in [1.807, 2.05) is 6.92 Å². The third-order valence-corrected chi connectivity index (χ3v) is 5.21. The number of aryl methyl sites for hydroxylation is 1. The lowest BCUT2D eigenvalue weighted by Gasteiger charge is -2.32. The van der Waals surface area contributed by atoms with Crippen LogP contribution in [0.3, 0.4) is 0 Å². The normalized spacial score (nSPS) is 19.3. The molecule has 4 heteroatoms. The van der Waals surface area contributed by atoms with Crippen LogP contribution in [0.25, 0.3) is 0 Å². The van der Waals surface area contributed by atoms with Gasteiger partial charge in [0.1, 0.15) is 11.6 Å². The van der Waals surface area contributed by atoms with Crippen LogP contribution in [0.1, 0.15) is 47.7 Å². The third kappa shape index (κ3) is 2.87. The van der Waals surface area contributed by atoms with Crippen molar-refractivity contribution in [3.63, 3.8) is 0 Å². The zero-order chi connectivity index (χ0) is 14.8. The van der Waals surface area contributed by atoms with Crippen molar-refractivity contribution in [3.05, 3.63) is 57.3 Å². The van der Waals surface area contributed by atoms with Gasteiger partial charge in [0.05, 0.1) is 0 Å². The first-order valence-electron chi connectivity index (χ1n) is 7.45. The molecule has 0 spiro atoms. The van der Waals surface area contributed by atoms with Crippen molar-refractivity contribution in [2.24, 2.45) is 0 Å². The molecule has 1 aliphatic rings. The summed E-state index contributed by atoms with van der Waals surface area (Å²) >= 11 is 1.77. The summed E-state index contributed by atoms with van der Waals surface area (Å²) < 4.78 is 27.8. The summed E-state index contributed by atoms with van der Waals surface area (Å²) in [4.78, 5) is 1.39. The molecule has 1 aromatic heterocycles. The van der Waals surface area contributed by atoms with E-state index in [4.69, 9.17) is 0 Å². The molecule has 0 fully saturated rings. The molecule has 0 radical (unpaired) electrons. The Labute approximate surface area is 128 Å². The number of thiophene rings is 1. The van der Waals surface area contributed by atoms with Crippen molar-refractivity contribution in [1.29, 1.82) is 0 Å². The lowest BCUT2D eigenvalue weighted by molar-refractivity contribution is 0.396. The molecule has 21 heavy (non-hydrogen) atoms. The first kappa shape index (κ1) is 14.7. The largest absolute Gasteiger partial charge is 0.310 e. The number of nitrogens with one attached hydrogen (secondary N) is 1. The fourth-order valence-electron chi connectivity index (χ4n) is 3.31. The van der Waals surface area contributed by atoms with E-state index in [9.17, 15) is 8.78 Å². The summed E-state index contributed by atoms with van der Waals surface area (Å²) in [5, 5.41) is 5.47. The Morgan fingerprint density at radius 3 is 3.00 bits per heavy atom. The van der Waals surface area contributed by atoms with E-state index in [-0.39, 0.29) is 23.6 Å². The fourth-order valence-corrected chi connectivity index (χ4v) is 4.31. The van der Waals surface area contributed by atoms with Crippen molar-refractivity contribution in [3.8, 4) is 0 Å². The van der Waals surface area contributed by atoms with Crippen LogP contribution in [-0.4, -0.2) is 6.54 Å². The second kappa shape index (κ2) is 6.24. The number of benzene rings is 1. The average Bonchev–Trinajstić information content (AvgIpc) is 2.96. The van der Waals surface area contributed by atoms with Crippen LogP contribution < -0.4 is 5.32 Å². The molecule has 0 saturated carbocycles. The van der Waals surface area contributed by atoms with Gasteiger partial charge in [0.25, 0.3) is 0 Å². The summed E-state index contributed by atoms with van der Waals surface area (Å²) in [7, 11) is 0. The number of fused-ring (bicyclic) bond motifs is 1. The van der Waals surface area contributed by atoms with Crippen LogP contribution >= 0.6 is 11.3 Å². The maximum absolute atomic E-state index is 14.2. The Morgan fingerprint density at radius 1 is 1.33 bits per heavy atom. The first-order valence-corrected chi connectivity index (χ1v) is 8.33. The van der Waals surface area contributed by atoms with Gasteiger partial charge < -0.3 is 5.32 Å². The van der Waals surface area contributed by atoms with Gasteiger partial charge in [-0.05, 0) is 61.0 Å². The van der Waals surface area contributed by atoms with E-state index < -0.39 is 0 Å². The summed E-state index contributed by atoms with van der Waals surface area (Å²) in [6.07, 6.45) is 3.22. The molecule has 3 rings (SSSR count). The van der Waals surface area contributed by atoms with Gasteiger partial charge in [0, 0.05) is 22.4 Å². The lowest BCUT2D eigenvalue weighted by atomic mass is 9.79. The van der Waals surface area contributed by atoms with Crippen molar-refractivity contribution >= 4 is 11.3 Å². The van der Waals surface area contributed by atoms with E-state index in [1.54, 1.807) is 11.3 Å². The zero-order valence-electron chi connectivity index (χ0n) is 12.0. The summed E-state index contributed by atoms with van der Waals surface area (Å²) in [5.41, 5.74) is 1.75. The predicted molar refractivity (Wildman–Crippen MR) is 82.8 cm³/mol.